The van der Waals surface area contributed by atoms with Gasteiger partial charge in [-0.2, -0.15) is 0 Å². The van der Waals surface area contributed by atoms with Crippen molar-refractivity contribution >= 4 is 51.6 Å². The van der Waals surface area contributed by atoms with E-state index in [9.17, 15) is 4.79 Å². The highest BCUT2D eigenvalue weighted by Gasteiger charge is 2.14. The molecule has 2 N–H and O–H groups in total. The molecule has 0 aliphatic heterocycles. The number of ether oxygens (including phenoxy) is 2. The molecule has 0 fully saturated rings. The number of nitrogens with one attached hydrogen (secondary N) is 2. The molecule has 0 unspecified atom stereocenters. The maximum atomic E-state index is 12.6. The van der Waals surface area contributed by atoms with Crippen molar-refractivity contribution in [2.45, 2.75) is 0 Å². The van der Waals surface area contributed by atoms with Gasteiger partial charge < -0.3 is 19.2 Å². The van der Waals surface area contributed by atoms with Gasteiger partial charge in [-0.05, 0) is 54.7 Å². The Kier molecular flexibility index (Phi) is 6.25. The smallest absolute Gasteiger partial charge is 0.257 e. The maximum Gasteiger partial charge on any atom is 0.257 e. The number of nitrogens with zero attached hydrogens (tertiary/aromatic N) is 1. The molecular formula is C23H18ClN3O4S. The van der Waals surface area contributed by atoms with E-state index in [-0.39, 0.29) is 5.11 Å². The monoisotopic (exact) mass is 467 g/mol. The highest BCUT2D eigenvalue weighted by atomic mass is 35.5. The largest absolute Gasteiger partial charge is 0.497 e. The van der Waals surface area contributed by atoms with Crippen molar-refractivity contribution in [2.75, 3.05) is 19.5 Å². The van der Waals surface area contributed by atoms with Gasteiger partial charge in [0.05, 0.1) is 24.9 Å². The van der Waals surface area contributed by atoms with Crippen molar-refractivity contribution < 1.29 is 18.7 Å². The molecule has 4 aromatic rings. The first-order chi connectivity index (χ1) is 15.5. The molecule has 0 saturated heterocycles. The Labute approximate surface area is 194 Å². The number of amides is 1. The molecule has 1 heterocycles. The number of rotatable bonds is 5. The van der Waals surface area contributed by atoms with E-state index in [0.717, 1.165) is 5.52 Å². The van der Waals surface area contributed by atoms with E-state index in [1.807, 2.05) is 24.3 Å². The minimum absolute atomic E-state index is 0.0772. The summed E-state index contributed by atoms with van der Waals surface area (Å²) in [7, 11) is 3.02. The van der Waals surface area contributed by atoms with Crippen molar-refractivity contribution in [3.8, 4) is 23.0 Å². The lowest BCUT2D eigenvalue weighted by molar-refractivity contribution is 0.0977. The zero-order valence-corrected chi connectivity index (χ0v) is 18.7. The van der Waals surface area contributed by atoms with Gasteiger partial charge in [0.25, 0.3) is 5.91 Å². The summed E-state index contributed by atoms with van der Waals surface area (Å²) in [5.74, 6) is 1.00. The lowest BCUT2D eigenvalue weighted by atomic mass is 10.2. The summed E-state index contributed by atoms with van der Waals surface area (Å²) in [6.07, 6.45) is 0. The molecule has 3 aromatic carbocycles. The Balaban J connectivity index is 1.52. The highest BCUT2D eigenvalue weighted by Crippen LogP contribution is 2.30. The predicted octanol–water partition coefficient (Wildman–Crippen LogP) is 5.29. The number of para-hydroxylation sites is 2. The average molecular weight is 468 g/mol. The summed E-state index contributed by atoms with van der Waals surface area (Å²) in [6, 6.07) is 17.6. The molecule has 0 aliphatic rings. The van der Waals surface area contributed by atoms with Crippen molar-refractivity contribution in [1.29, 1.82) is 0 Å². The molecule has 7 nitrogen and oxygen atoms in total. The zero-order valence-electron chi connectivity index (χ0n) is 17.1. The van der Waals surface area contributed by atoms with Crippen molar-refractivity contribution in [1.82, 2.24) is 10.3 Å². The Morgan fingerprint density at radius 2 is 1.75 bits per heavy atom. The summed E-state index contributed by atoms with van der Waals surface area (Å²) in [4.78, 5) is 17.1. The zero-order chi connectivity index (χ0) is 22.7. The van der Waals surface area contributed by atoms with Gasteiger partial charge >= 0.3 is 0 Å². The molecule has 9 heteroatoms. The number of aromatic nitrogens is 1. The third-order valence-corrected chi connectivity index (χ3v) is 5.13. The van der Waals surface area contributed by atoms with Crippen molar-refractivity contribution in [2.24, 2.45) is 0 Å². The number of fused-ring (bicyclic) bond motifs is 1. The van der Waals surface area contributed by atoms with Gasteiger partial charge in [-0.3, -0.25) is 10.1 Å². The fourth-order valence-corrected chi connectivity index (χ4v) is 3.38. The quantitative estimate of drug-likeness (QED) is 0.385. The normalized spacial score (nSPS) is 10.6. The van der Waals surface area contributed by atoms with Gasteiger partial charge in [0.15, 0.2) is 10.7 Å². The Morgan fingerprint density at radius 3 is 2.44 bits per heavy atom. The van der Waals surface area contributed by atoms with Gasteiger partial charge in [-0.1, -0.05) is 23.7 Å². The van der Waals surface area contributed by atoms with Crippen LogP contribution in [0.2, 0.25) is 5.02 Å². The lowest BCUT2D eigenvalue weighted by Crippen LogP contribution is -2.34. The first-order valence-corrected chi connectivity index (χ1v) is 10.3. The standard InChI is InChI=1S/C23H18ClN3O4S/c1-29-15-9-14(10-16(12-15)30-2)21(28)27-23(32)26-19-11-13(7-8-17(19)24)22-25-18-5-3-4-6-20(18)31-22/h3-12H,1-2H3,(H2,26,27,28,32). The molecule has 0 bridgehead atoms. The van der Waals surface area contributed by atoms with Gasteiger partial charge in [-0.15, -0.1) is 0 Å². The van der Waals surface area contributed by atoms with E-state index in [4.69, 9.17) is 37.7 Å². The second kappa shape index (κ2) is 9.25. The Hall–Kier alpha value is -3.62. The number of thiocarbonyl (C=S) groups is 1. The van der Waals surface area contributed by atoms with E-state index in [0.29, 0.717) is 44.8 Å². The summed E-state index contributed by atoms with van der Waals surface area (Å²) in [5.41, 5.74) is 2.98. The van der Waals surface area contributed by atoms with Crippen LogP contribution in [0.1, 0.15) is 10.4 Å². The molecule has 0 radical (unpaired) electrons. The first kappa shape index (κ1) is 21.6. The number of carbonyl (C=O) groups excluding carboxylic acids is 1. The molecule has 162 valence electrons. The maximum absolute atomic E-state index is 12.6. The minimum atomic E-state index is -0.425. The summed E-state index contributed by atoms with van der Waals surface area (Å²) in [5, 5.41) is 6.07. The molecule has 0 atom stereocenters. The summed E-state index contributed by atoms with van der Waals surface area (Å²) < 4.78 is 16.2. The third kappa shape index (κ3) is 4.66. The first-order valence-electron chi connectivity index (χ1n) is 9.47. The van der Waals surface area contributed by atoms with Gasteiger partial charge in [0.2, 0.25) is 5.89 Å². The van der Waals surface area contributed by atoms with Gasteiger partial charge in [0, 0.05) is 17.2 Å². The molecule has 1 amide bonds. The molecule has 1 aromatic heterocycles. The number of halogens is 1. The Morgan fingerprint density at radius 1 is 1.03 bits per heavy atom. The van der Waals surface area contributed by atoms with E-state index in [2.05, 4.69) is 15.6 Å². The number of anilines is 1. The second-order valence-electron chi connectivity index (χ2n) is 6.69. The van der Waals surface area contributed by atoms with Gasteiger partial charge in [0.1, 0.15) is 17.0 Å². The fourth-order valence-electron chi connectivity index (χ4n) is 3.02. The number of carbonyl (C=O) groups is 1. The SMILES string of the molecule is COc1cc(OC)cc(C(=O)NC(=S)Nc2cc(-c3nc4ccccc4o3)ccc2Cl)c1. The van der Waals surface area contributed by atoms with Crippen LogP contribution in [0.25, 0.3) is 22.6 Å². The van der Waals surface area contributed by atoms with Crippen molar-refractivity contribution in [3.63, 3.8) is 0 Å². The number of benzene rings is 3. The number of hydrogen-bond donors (Lipinski definition) is 2. The van der Waals surface area contributed by atoms with E-state index >= 15 is 0 Å². The fraction of sp³-hybridized carbons (Fsp3) is 0.0870. The second-order valence-corrected chi connectivity index (χ2v) is 7.51. The van der Waals surface area contributed by atoms with Crippen LogP contribution < -0.4 is 20.1 Å². The number of hydrogen-bond acceptors (Lipinski definition) is 6. The van der Waals surface area contributed by atoms with Crippen LogP contribution in [0.3, 0.4) is 0 Å². The van der Waals surface area contributed by atoms with Crippen LogP contribution in [0.15, 0.2) is 65.1 Å². The number of methoxy groups -OCH3 is 2. The molecule has 0 spiro atoms. The highest BCUT2D eigenvalue weighted by molar-refractivity contribution is 7.80. The third-order valence-electron chi connectivity index (χ3n) is 4.60. The average Bonchev–Trinajstić information content (AvgIpc) is 3.24. The molecule has 0 aliphatic carbocycles. The van der Waals surface area contributed by atoms with E-state index < -0.39 is 5.91 Å². The van der Waals surface area contributed by atoms with Crippen LogP contribution in [-0.4, -0.2) is 30.2 Å². The molecule has 4 rings (SSSR count). The van der Waals surface area contributed by atoms with Crippen LogP contribution in [0.5, 0.6) is 11.5 Å². The molecular weight excluding hydrogens is 450 g/mol. The summed E-state index contributed by atoms with van der Waals surface area (Å²) >= 11 is 11.6. The van der Waals surface area contributed by atoms with Crippen LogP contribution in [0, 0.1) is 0 Å². The number of oxazole rings is 1. The van der Waals surface area contributed by atoms with E-state index in [1.165, 1.54) is 14.2 Å². The van der Waals surface area contributed by atoms with Crippen molar-refractivity contribution in [3.05, 3.63) is 71.2 Å². The molecule has 32 heavy (non-hydrogen) atoms. The van der Waals surface area contributed by atoms with Gasteiger partial charge in [-0.25, -0.2) is 4.98 Å². The van der Waals surface area contributed by atoms with Crippen LogP contribution >= 0.6 is 23.8 Å². The topological polar surface area (TPSA) is 85.6 Å². The molecule has 0 saturated carbocycles. The summed E-state index contributed by atoms with van der Waals surface area (Å²) in [6.45, 7) is 0. The minimum Gasteiger partial charge on any atom is -0.497 e. The lowest BCUT2D eigenvalue weighted by Gasteiger charge is -2.13. The van der Waals surface area contributed by atoms with Crippen LogP contribution in [-0.2, 0) is 0 Å². The predicted molar refractivity (Wildman–Crippen MR) is 128 cm³/mol. The van der Waals surface area contributed by atoms with E-state index in [1.54, 1.807) is 36.4 Å². The van der Waals surface area contributed by atoms with Crippen LogP contribution in [0.4, 0.5) is 5.69 Å². The Bertz CT molecular complexity index is 1270.